The highest BCUT2D eigenvalue weighted by Gasteiger charge is 2.40. The average molecular weight is 451 g/mol. The number of hydrogen-bond donors (Lipinski definition) is 2. The Morgan fingerprint density at radius 3 is 2.88 bits per heavy atom. The van der Waals surface area contributed by atoms with Crippen LogP contribution in [0, 0.1) is 0 Å². The number of aliphatic hydroxyl groups is 1. The summed E-state index contributed by atoms with van der Waals surface area (Å²) >= 11 is 0. The lowest BCUT2D eigenvalue weighted by Gasteiger charge is -2.26. The quantitative estimate of drug-likeness (QED) is 0.671. The van der Waals surface area contributed by atoms with E-state index in [1.54, 1.807) is 24.3 Å². The van der Waals surface area contributed by atoms with E-state index in [1.165, 1.54) is 29.0 Å². The van der Waals surface area contributed by atoms with Crippen LogP contribution in [0.3, 0.4) is 0 Å². The fraction of sp³-hybridized carbons (Fsp3) is 0.368. The standard InChI is InChI=1S/C19H20F3N7O3/c1-27(9-12(30)10-28-11-24-25-26-28)18(31)14-6-7-29(32-19(20,21)22)17(14)15-8-23-16-5-3-2-4-13(15)16/h2-6,11-12,23,30H,7-10H2,1H3. The first-order chi connectivity index (χ1) is 15.2. The Hall–Kier alpha value is -3.45. The molecule has 0 radical (unpaired) electrons. The van der Waals surface area contributed by atoms with E-state index < -0.39 is 18.4 Å². The van der Waals surface area contributed by atoms with E-state index in [0.29, 0.717) is 16.2 Å². The van der Waals surface area contributed by atoms with Gasteiger partial charge >= 0.3 is 6.36 Å². The number of halogens is 3. The summed E-state index contributed by atoms with van der Waals surface area (Å²) in [7, 11) is 1.46. The molecule has 10 nitrogen and oxygen atoms in total. The number of hydrogen-bond acceptors (Lipinski definition) is 8. The van der Waals surface area contributed by atoms with Gasteiger partial charge in [-0.3, -0.25) is 4.79 Å². The van der Waals surface area contributed by atoms with Gasteiger partial charge in [0.15, 0.2) is 0 Å². The zero-order chi connectivity index (χ0) is 22.9. The number of para-hydroxylation sites is 1. The molecule has 1 amide bonds. The summed E-state index contributed by atoms with van der Waals surface area (Å²) < 4.78 is 40.4. The zero-order valence-electron chi connectivity index (χ0n) is 17.0. The molecule has 2 N–H and O–H groups in total. The Morgan fingerprint density at radius 2 is 2.16 bits per heavy atom. The van der Waals surface area contributed by atoms with Gasteiger partial charge in [0.25, 0.3) is 5.91 Å². The topological polar surface area (TPSA) is 109 Å². The number of rotatable bonds is 6. The number of benzene rings is 1. The third-order valence-electron chi connectivity index (χ3n) is 5.02. The Morgan fingerprint density at radius 1 is 1.38 bits per heavy atom. The van der Waals surface area contributed by atoms with Gasteiger partial charge in [0, 0.05) is 37.0 Å². The first-order valence-corrected chi connectivity index (χ1v) is 9.67. The molecule has 0 fully saturated rings. The molecule has 1 aromatic heterocycles. The number of likely N-dealkylation sites (N-methyl/N-ethyl adjacent to an activating group) is 1. The molecule has 1 atom stereocenters. The van der Waals surface area contributed by atoms with Crippen molar-refractivity contribution in [1.29, 1.82) is 0 Å². The van der Waals surface area contributed by atoms with Crippen LogP contribution in [0.5, 0.6) is 0 Å². The number of carbonyl (C=O) groups is 1. The van der Waals surface area contributed by atoms with Gasteiger partial charge in [0.05, 0.1) is 30.5 Å². The summed E-state index contributed by atoms with van der Waals surface area (Å²) in [5.41, 5.74) is 2.09. The molecule has 3 heterocycles. The van der Waals surface area contributed by atoms with Crippen LogP contribution in [0.25, 0.3) is 5.57 Å². The first-order valence-electron chi connectivity index (χ1n) is 9.67. The van der Waals surface area contributed by atoms with E-state index in [1.807, 2.05) is 0 Å². The smallest absolute Gasteiger partial charge is 0.389 e. The molecular formula is C19H20F3N7O3. The highest BCUT2D eigenvalue weighted by atomic mass is 19.4. The summed E-state index contributed by atoms with van der Waals surface area (Å²) in [4.78, 5) is 18.6. The number of anilines is 1. The molecule has 4 rings (SSSR count). The van der Waals surface area contributed by atoms with Crippen LogP contribution in [0.4, 0.5) is 18.9 Å². The van der Waals surface area contributed by atoms with E-state index in [2.05, 4.69) is 25.7 Å². The Balaban J connectivity index is 1.59. The molecular weight excluding hydrogens is 431 g/mol. The van der Waals surface area contributed by atoms with Gasteiger partial charge in [0.2, 0.25) is 0 Å². The third-order valence-corrected chi connectivity index (χ3v) is 5.02. The van der Waals surface area contributed by atoms with Crippen molar-refractivity contribution in [2.24, 2.45) is 0 Å². The molecule has 0 spiro atoms. The van der Waals surface area contributed by atoms with Crippen molar-refractivity contribution in [2.75, 3.05) is 32.0 Å². The van der Waals surface area contributed by atoms with E-state index >= 15 is 0 Å². The van der Waals surface area contributed by atoms with Gasteiger partial charge in [-0.15, -0.1) is 18.3 Å². The second-order valence-corrected chi connectivity index (χ2v) is 7.31. The summed E-state index contributed by atoms with van der Waals surface area (Å²) in [5.74, 6) is -0.541. The number of nitrogens with zero attached hydrogens (tertiary/aromatic N) is 6. The Labute approximate surface area is 180 Å². The van der Waals surface area contributed by atoms with Crippen molar-refractivity contribution in [3.05, 3.63) is 53.5 Å². The predicted molar refractivity (Wildman–Crippen MR) is 105 cm³/mol. The van der Waals surface area contributed by atoms with Crippen LogP contribution in [0.15, 0.2) is 47.9 Å². The summed E-state index contributed by atoms with van der Waals surface area (Å²) in [5, 5.41) is 24.7. The summed E-state index contributed by atoms with van der Waals surface area (Å²) in [6.07, 6.45) is -3.19. The lowest BCUT2D eigenvalue weighted by Crippen LogP contribution is -2.38. The van der Waals surface area contributed by atoms with E-state index in [4.69, 9.17) is 0 Å². The van der Waals surface area contributed by atoms with Gasteiger partial charge in [-0.05, 0) is 22.6 Å². The second kappa shape index (κ2) is 8.59. The van der Waals surface area contributed by atoms with Crippen LogP contribution in [0.2, 0.25) is 0 Å². The molecule has 0 bridgehead atoms. The normalized spacial score (nSPS) is 18.9. The maximum absolute atomic E-state index is 13.2. The zero-order valence-corrected chi connectivity index (χ0v) is 17.0. The van der Waals surface area contributed by atoms with Gasteiger partial charge in [-0.25, -0.2) is 9.75 Å². The van der Waals surface area contributed by atoms with Crippen LogP contribution in [0.1, 0.15) is 5.56 Å². The molecule has 2 aromatic rings. The summed E-state index contributed by atoms with van der Waals surface area (Å²) in [6, 6.07) is 7.14. The first kappa shape index (κ1) is 21.8. The SMILES string of the molecule is CN(CC(O)Cn1cnnn1)C(=O)C1=CCN(OC(F)(F)F)C1=C1CNc2ccccc21. The molecule has 170 valence electrons. The Bertz CT molecular complexity index is 1050. The number of fused-ring (bicyclic) bond motifs is 1. The van der Waals surface area contributed by atoms with Crippen molar-refractivity contribution in [2.45, 2.75) is 19.0 Å². The molecule has 13 heteroatoms. The number of alkyl halides is 3. The molecule has 1 aromatic carbocycles. The largest absolute Gasteiger partial charge is 0.544 e. The lowest BCUT2D eigenvalue weighted by atomic mass is 10.0. The molecule has 2 aliphatic heterocycles. The monoisotopic (exact) mass is 451 g/mol. The van der Waals surface area contributed by atoms with Crippen molar-refractivity contribution in [3.63, 3.8) is 0 Å². The van der Waals surface area contributed by atoms with Crippen LogP contribution in [-0.4, -0.2) is 80.3 Å². The number of amides is 1. The highest BCUT2D eigenvalue weighted by molar-refractivity contribution is 6.02. The minimum Gasteiger partial charge on any atom is -0.389 e. The third kappa shape index (κ3) is 4.57. The maximum Gasteiger partial charge on any atom is 0.544 e. The van der Waals surface area contributed by atoms with Gasteiger partial charge in [-0.2, -0.15) is 4.84 Å². The Kier molecular flexibility index (Phi) is 5.84. The molecule has 0 saturated carbocycles. The number of aliphatic hydroxyl groups excluding tert-OH is 1. The number of nitrogens with one attached hydrogen (secondary N) is 1. The number of tetrazole rings is 1. The molecule has 0 aliphatic carbocycles. The molecule has 32 heavy (non-hydrogen) atoms. The second-order valence-electron chi connectivity index (χ2n) is 7.31. The van der Waals surface area contributed by atoms with Crippen LogP contribution < -0.4 is 5.32 Å². The summed E-state index contributed by atoms with van der Waals surface area (Å²) in [6.45, 7) is -0.0307. The molecule has 0 saturated heterocycles. The number of hydroxylamine groups is 2. The lowest BCUT2D eigenvalue weighted by molar-refractivity contribution is -0.401. The van der Waals surface area contributed by atoms with Crippen molar-refractivity contribution < 1.29 is 27.9 Å². The fourth-order valence-electron chi connectivity index (χ4n) is 3.74. The van der Waals surface area contributed by atoms with Crippen LogP contribution >= 0.6 is 0 Å². The minimum atomic E-state index is -4.92. The number of carbonyl (C=O) groups excluding carboxylic acids is 1. The van der Waals surface area contributed by atoms with E-state index in [-0.39, 0.29) is 37.4 Å². The van der Waals surface area contributed by atoms with E-state index in [0.717, 1.165) is 5.69 Å². The van der Waals surface area contributed by atoms with E-state index in [9.17, 15) is 23.1 Å². The highest BCUT2D eigenvalue weighted by Crippen LogP contribution is 2.39. The fourth-order valence-corrected chi connectivity index (χ4v) is 3.74. The minimum absolute atomic E-state index is 0.0478. The predicted octanol–water partition coefficient (Wildman–Crippen LogP) is 1.02. The maximum atomic E-state index is 13.2. The van der Waals surface area contributed by atoms with Crippen molar-refractivity contribution >= 4 is 17.2 Å². The average Bonchev–Trinajstić information content (AvgIpc) is 3.46. The van der Waals surface area contributed by atoms with Gasteiger partial charge < -0.3 is 15.3 Å². The molecule has 2 aliphatic rings. The molecule has 1 unspecified atom stereocenters. The van der Waals surface area contributed by atoms with Gasteiger partial charge in [0.1, 0.15) is 6.33 Å². The number of aromatic nitrogens is 4. The van der Waals surface area contributed by atoms with Crippen molar-refractivity contribution in [3.8, 4) is 0 Å². The van der Waals surface area contributed by atoms with Crippen LogP contribution in [-0.2, 0) is 16.2 Å². The van der Waals surface area contributed by atoms with Gasteiger partial charge in [-0.1, -0.05) is 18.2 Å². The van der Waals surface area contributed by atoms with Crippen molar-refractivity contribution in [1.82, 2.24) is 30.2 Å².